The van der Waals surface area contributed by atoms with E-state index < -0.39 is 17.5 Å². The Morgan fingerprint density at radius 3 is 2.80 bits per heavy atom. The smallest absolute Gasteiger partial charge is 0.348 e. The highest BCUT2D eigenvalue weighted by molar-refractivity contribution is 6.31. The molecular weight excluding hydrogens is 416 g/mol. The molecule has 0 aliphatic heterocycles. The summed E-state index contributed by atoms with van der Waals surface area (Å²) in [6.45, 7) is 3.30. The van der Waals surface area contributed by atoms with Gasteiger partial charge in [0.25, 0.3) is 0 Å². The second-order valence-electron chi connectivity index (χ2n) is 7.71. The number of aryl methyl sites for hydroxylation is 1. The number of pyridine rings is 2. The number of aromatic nitrogens is 4. The number of carbonyl (C=O) groups is 1. The Balaban J connectivity index is 1.47. The molecule has 1 saturated carbocycles. The van der Waals surface area contributed by atoms with Gasteiger partial charge in [0.1, 0.15) is 6.54 Å². The van der Waals surface area contributed by atoms with Gasteiger partial charge in [0.2, 0.25) is 11.8 Å². The summed E-state index contributed by atoms with van der Waals surface area (Å²) in [5.41, 5.74) is 2.00. The van der Waals surface area contributed by atoms with E-state index in [9.17, 15) is 18.4 Å². The van der Waals surface area contributed by atoms with Gasteiger partial charge in [0, 0.05) is 25.2 Å². The fourth-order valence-corrected chi connectivity index (χ4v) is 3.73. The van der Waals surface area contributed by atoms with E-state index in [1.54, 1.807) is 38.2 Å². The van der Waals surface area contributed by atoms with Gasteiger partial charge >= 0.3 is 5.69 Å². The van der Waals surface area contributed by atoms with Crippen LogP contribution in [0.2, 0.25) is 5.02 Å². The molecule has 7 nitrogen and oxygen atoms in total. The molecule has 3 heterocycles. The number of fused-ring (bicyclic) bond motifs is 1. The molecule has 158 valence electrons. The van der Waals surface area contributed by atoms with Crippen LogP contribution in [0, 0.1) is 6.92 Å². The van der Waals surface area contributed by atoms with E-state index in [1.807, 2.05) is 0 Å². The first-order valence-electron chi connectivity index (χ1n) is 9.51. The van der Waals surface area contributed by atoms with Crippen LogP contribution in [0.1, 0.15) is 48.5 Å². The average Bonchev–Trinajstić information content (AvgIpc) is 2.96. The monoisotopic (exact) mass is 435 g/mol. The number of nitrogens with one attached hydrogen (secondary N) is 1. The minimum atomic E-state index is -2.62. The number of rotatable bonds is 5. The van der Waals surface area contributed by atoms with Crippen molar-refractivity contribution in [3.63, 3.8) is 0 Å². The third kappa shape index (κ3) is 3.94. The Hall–Kier alpha value is -2.81. The summed E-state index contributed by atoms with van der Waals surface area (Å²) in [6, 6.07) is 4.65. The van der Waals surface area contributed by atoms with Crippen molar-refractivity contribution in [3.8, 4) is 0 Å². The minimum absolute atomic E-state index is 0.202. The zero-order chi connectivity index (χ0) is 21.6. The van der Waals surface area contributed by atoms with E-state index in [2.05, 4.69) is 15.4 Å². The predicted molar refractivity (Wildman–Crippen MR) is 107 cm³/mol. The highest BCUT2D eigenvalue weighted by Gasteiger charge is 2.45. The standard InChI is InChI=1S/C20H20ClF2N5O2/c1-11(14-5-16(21)12(2)24-9-14)25-18(29)10-28-19(30)27-4-3-13(6-17(27)26-28)15-7-20(22,23)8-15/h3-6,9,11,15H,7-8,10H2,1-2H3,(H,25,29)/t11-/m0/s1. The van der Waals surface area contributed by atoms with Crippen LogP contribution < -0.4 is 11.0 Å². The third-order valence-corrected chi connectivity index (χ3v) is 5.77. The normalized spacial score (nSPS) is 17.0. The van der Waals surface area contributed by atoms with E-state index in [-0.39, 0.29) is 31.3 Å². The molecule has 3 aromatic rings. The molecule has 1 atom stereocenters. The topological polar surface area (TPSA) is 81.3 Å². The lowest BCUT2D eigenvalue weighted by Gasteiger charge is -2.35. The van der Waals surface area contributed by atoms with Gasteiger partial charge in [0.05, 0.1) is 16.8 Å². The van der Waals surface area contributed by atoms with Crippen molar-refractivity contribution < 1.29 is 13.6 Å². The number of halogens is 3. The number of amides is 1. The van der Waals surface area contributed by atoms with Gasteiger partial charge in [-0.3, -0.25) is 14.2 Å². The summed E-state index contributed by atoms with van der Waals surface area (Å²) in [4.78, 5) is 29.1. The Morgan fingerprint density at radius 1 is 1.40 bits per heavy atom. The van der Waals surface area contributed by atoms with Gasteiger partial charge in [-0.05, 0) is 49.1 Å². The summed E-state index contributed by atoms with van der Waals surface area (Å²) in [6.07, 6.45) is 2.74. The Bertz CT molecular complexity index is 1180. The number of carbonyl (C=O) groups excluding carboxylic acids is 1. The zero-order valence-electron chi connectivity index (χ0n) is 16.4. The lowest BCUT2D eigenvalue weighted by atomic mass is 9.77. The molecule has 30 heavy (non-hydrogen) atoms. The first-order valence-corrected chi connectivity index (χ1v) is 9.89. The second kappa shape index (κ2) is 7.46. The molecule has 0 aromatic carbocycles. The molecule has 0 bridgehead atoms. The molecular formula is C20H20ClF2N5O2. The van der Waals surface area contributed by atoms with Gasteiger partial charge in [-0.1, -0.05) is 11.6 Å². The fraction of sp³-hybridized carbons (Fsp3) is 0.400. The van der Waals surface area contributed by atoms with Crippen LogP contribution in [0.3, 0.4) is 0 Å². The van der Waals surface area contributed by atoms with Crippen molar-refractivity contribution in [2.75, 3.05) is 0 Å². The van der Waals surface area contributed by atoms with Crippen LogP contribution in [0.15, 0.2) is 35.4 Å². The third-order valence-electron chi connectivity index (χ3n) is 5.39. The molecule has 0 unspecified atom stereocenters. The van der Waals surface area contributed by atoms with Crippen LogP contribution in [0.5, 0.6) is 0 Å². The van der Waals surface area contributed by atoms with Gasteiger partial charge in [-0.2, -0.15) is 0 Å². The largest absolute Gasteiger partial charge is 0.350 e. The van der Waals surface area contributed by atoms with Crippen LogP contribution in [-0.2, 0) is 11.3 Å². The van der Waals surface area contributed by atoms with Gasteiger partial charge in [-0.15, -0.1) is 5.10 Å². The number of alkyl halides is 2. The van der Waals surface area contributed by atoms with Gasteiger partial charge in [-0.25, -0.2) is 18.3 Å². The zero-order valence-corrected chi connectivity index (χ0v) is 17.2. The van der Waals surface area contributed by atoms with E-state index in [4.69, 9.17) is 11.6 Å². The molecule has 3 aromatic heterocycles. The van der Waals surface area contributed by atoms with Crippen molar-refractivity contribution in [2.24, 2.45) is 0 Å². The number of hydrogen-bond acceptors (Lipinski definition) is 4. The fourth-order valence-electron chi connectivity index (χ4n) is 3.55. The Kier molecular flexibility index (Phi) is 5.09. The molecule has 0 saturated heterocycles. The molecule has 0 spiro atoms. The summed E-state index contributed by atoms with van der Waals surface area (Å²) in [5.74, 6) is -3.27. The van der Waals surface area contributed by atoms with Crippen LogP contribution in [-0.4, -0.2) is 31.0 Å². The van der Waals surface area contributed by atoms with Crippen molar-refractivity contribution in [3.05, 3.63) is 62.9 Å². The molecule has 4 rings (SSSR count). The first-order chi connectivity index (χ1) is 14.1. The maximum atomic E-state index is 13.1. The molecule has 1 amide bonds. The van der Waals surface area contributed by atoms with Crippen molar-refractivity contribution in [1.82, 2.24) is 24.5 Å². The van der Waals surface area contributed by atoms with Crippen LogP contribution in [0.4, 0.5) is 8.78 Å². The summed E-state index contributed by atoms with van der Waals surface area (Å²) >= 11 is 6.08. The van der Waals surface area contributed by atoms with E-state index in [0.717, 1.165) is 10.2 Å². The average molecular weight is 436 g/mol. The molecule has 1 fully saturated rings. The Labute approximate surface area is 175 Å². The minimum Gasteiger partial charge on any atom is -0.348 e. The maximum Gasteiger partial charge on any atom is 0.350 e. The molecule has 10 heteroatoms. The summed E-state index contributed by atoms with van der Waals surface area (Å²) in [5, 5.41) is 7.48. The highest BCUT2D eigenvalue weighted by Crippen LogP contribution is 2.48. The number of hydrogen-bond donors (Lipinski definition) is 1. The molecule has 1 aliphatic carbocycles. The molecule has 1 aliphatic rings. The van der Waals surface area contributed by atoms with Crippen LogP contribution >= 0.6 is 11.6 Å². The molecule has 1 N–H and O–H groups in total. The van der Waals surface area contributed by atoms with Gasteiger partial charge < -0.3 is 5.32 Å². The Morgan fingerprint density at radius 2 is 2.13 bits per heavy atom. The predicted octanol–water partition coefficient (Wildman–Crippen LogP) is 3.24. The van der Waals surface area contributed by atoms with E-state index in [0.29, 0.717) is 21.9 Å². The van der Waals surface area contributed by atoms with Gasteiger partial charge in [0.15, 0.2) is 5.65 Å². The van der Waals surface area contributed by atoms with Crippen molar-refractivity contribution >= 4 is 23.2 Å². The number of nitrogens with zero attached hydrogens (tertiary/aromatic N) is 4. The lowest BCUT2D eigenvalue weighted by molar-refractivity contribution is -0.122. The summed E-state index contributed by atoms with van der Waals surface area (Å²) in [7, 11) is 0. The SMILES string of the molecule is Cc1ncc([C@H](C)NC(=O)Cn2nc3cc(C4CC(F)(F)C4)ccn3c2=O)cc1Cl. The quantitative estimate of drug-likeness (QED) is 0.667. The summed E-state index contributed by atoms with van der Waals surface area (Å²) < 4.78 is 28.6. The van der Waals surface area contributed by atoms with Crippen molar-refractivity contribution in [1.29, 1.82) is 0 Å². The molecule has 0 radical (unpaired) electrons. The second-order valence-corrected chi connectivity index (χ2v) is 8.12. The lowest BCUT2D eigenvalue weighted by Crippen LogP contribution is -2.34. The maximum absolute atomic E-state index is 13.1. The van der Waals surface area contributed by atoms with E-state index >= 15 is 0 Å². The first kappa shape index (κ1) is 20.5. The highest BCUT2D eigenvalue weighted by atomic mass is 35.5. The van der Waals surface area contributed by atoms with Crippen LogP contribution in [0.25, 0.3) is 5.65 Å². The van der Waals surface area contributed by atoms with Crippen molar-refractivity contribution in [2.45, 2.75) is 51.1 Å². The van der Waals surface area contributed by atoms with E-state index in [1.165, 1.54) is 10.6 Å².